The molecule has 0 saturated carbocycles. The van der Waals surface area contributed by atoms with Gasteiger partial charge >= 0.3 is 0 Å². The Morgan fingerprint density at radius 2 is 2.05 bits per heavy atom. The molecule has 0 saturated heterocycles. The molecule has 1 aromatic carbocycles. The maximum atomic E-state index is 9.10. The molecule has 0 amide bonds. The Morgan fingerprint density at radius 1 is 1.29 bits per heavy atom. The number of ether oxygens (including phenoxy) is 1. The van der Waals surface area contributed by atoms with Crippen LogP contribution >= 0.6 is 0 Å². The first kappa shape index (κ1) is 15.0. The molecular formula is C16H20N4O. The monoisotopic (exact) mass is 284 g/mol. The van der Waals surface area contributed by atoms with Crippen LogP contribution < -0.4 is 4.74 Å². The van der Waals surface area contributed by atoms with Crippen LogP contribution in [0.4, 0.5) is 0 Å². The summed E-state index contributed by atoms with van der Waals surface area (Å²) in [5, 5.41) is 17.1. The van der Waals surface area contributed by atoms with E-state index in [1.54, 1.807) is 0 Å². The molecule has 1 heterocycles. The number of hydrogen-bond acceptors (Lipinski definition) is 4. The van der Waals surface area contributed by atoms with Crippen LogP contribution in [-0.2, 0) is 13.0 Å². The summed E-state index contributed by atoms with van der Waals surface area (Å²) in [6.07, 6.45) is 1.57. The van der Waals surface area contributed by atoms with Crippen molar-refractivity contribution in [1.29, 1.82) is 5.26 Å². The van der Waals surface area contributed by atoms with Crippen molar-refractivity contribution in [3.05, 3.63) is 41.7 Å². The molecule has 21 heavy (non-hydrogen) atoms. The predicted molar refractivity (Wildman–Crippen MR) is 79.8 cm³/mol. The molecule has 0 N–H and O–H groups in total. The van der Waals surface area contributed by atoms with Gasteiger partial charge in [0.2, 0.25) is 0 Å². The molecule has 0 aliphatic heterocycles. The second-order valence-electron chi connectivity index (χ2n) is 5.34. The topological polar surface area (TPSA) is 63.7 Å². The molecule has 0 unspecified atom stereocenters. The molecular weight excluding hydrogens is 264 g/mol. The van der Waals surface area contributed by atoms with E-state index < -0.39 is 0 Å². The average molecular weight is 284 g/mol. The molecule has 5 nitrogen and oxygen atoms in total. The fraction of sp³-hybridized carbons (Fsp3) is 0.438. The fourth-order valence-corrected chi connectivity index (χ4v) is 2.11. The van der Waals surface area contributed by atoms with Crippen molar-refractivity contribution >= 4 is 0 Å². The third-order valence-electron chi connectivity index (χ3n) is 3.05. The molecule has 2 rings (SSSR count). The van der Waals surface area contributed by atoms with Crippen LogP contribution in [0.1, 0.15) is 31.7 Å². The number of rotatable bonds is 7. The van der Waals surface area contributed by atoms with Gasteiger partial charge in [-0.3, -0.25) is 0 Å². The van der Waals surface area contributed by atoms with Crippen LogP contribution in [0.15, 0.2) is 30.3 Å². The van der Waals surface area contributed by atoms with E-state index >= 15 is 0 Å². The first-order valence-corrected chi connectivity index (χ1v) is 7.21. The zero-order valence-corrected chi connectivity index (χ0v) is 12.5. The van der Waals surface area contributed by atoms with Crippen LogP contribution in [0.2, 0.25) is 0 Å². The molecule has 2 aromatic rings. The lowest BCUT2D eigenvalue weighted by molar-refractivity contribution is 0.308. The summed E-state index contributed by atoms with van der Waals surface area (Å²) in [5.74, 6) is 1.34. The lowest BCUT2D eigenvalue weighted by Gasteiger charge is -2.09. The quantitative estimate of drug-likeness (QED) is 0.733. The van der Waals surface area contributed by atoms with Gasteiger partial charge in [-0.25, -0.2) is 4.68 Å². The summed E-state index contributed by atoms with van der Waals surface area (Å²) in [4.78, 5) is 0. The van der Waals surface area contributed by atoms with E-state index in [4.69, 9.17) is 10.00 Å². The highest BCUT2D eigenvalue weighted by atomic mass is 16.5. The third kappa shape index (κ3) is 4.32. The van der Waals surface area contributed by atoms with Gasteiger partial charge in [-0.05, 0) is 30.9 Å². The summed E-state index contributed by atoms with van der Waals surface area (Å²) < 4.78 is 7.50. The van der Waals surface area contributed by atoms with Gasteiger partial charge in [0.1, 0.15) is 11.8 Å². The highest BCUT2D eigenvalue weighted by Gasteiger charge is 2.13. The van der Waals surface area contributed by atoms with E-state index in [9.17, 15) is 0 Å². The molecule has 0 spiro atoms. The number of nitriles is 1. The predicted octanol–water partition coefficient (Wildman–Crippen LogP) is 2.82. The van der Waals surface area contributed by atoms with E-state index in [1.807, 2.05) is 35.0 Å². The molecule has 110 valence electrons. The van der Waals surface area contributed by atoms with Crippen molar-refractivity contribution < 1.29 is 4.74 Å². The molecule has 0 aliphatic carbocycles. The highest BCUT2D eigenvalue weighted by Crippen LogP contribution is 2.12. The van der Waals surface area contributed by atoms with Crippen molar-refractivity contribution in [3.8, 4) is 11.8 Å². The van der Waals surface area contributed by atoms with Crippen LogP contribution in [0.25, 0.3) is 0 Å². The number of nitrogens with zero attached hydrogens (tertiary/aromatic N) is 4. The van der Waals surface area contributed by atoms with Crippen molar-refractivity contribution in [2.75, 3.05) is 6.61 Å². The lowest BCUT2D eigenvalue weighted by Crippen LogP contribution is -2.11. The lowest BCUT2D eigenvalue weighted by atomic mass is 10.2. The van der Waals surface area contributed by atoms with Crippen LogP contribution in [-0.4, -0.2) is 21.6 Å². The summed E-state index contributed by atoms with van der Waals surface area (Å²) in [7, 11) is 0. The average Bonchev–Trinajstić information content (AvgIpc) is 2.86. The Hall–Kier alpha value is -2.35. The Labute approximate surface area is 125 Å². The van der Waals surface area contributed by atoms with Gasteiger partial charge in [0, 0.05) is 6.54 Å². The van der Waals surface area contributed by atoms with E-state index in [0.29, 0.717) is 18.2 Å². The molecule has 0 radical (unpaired) electrons. The summed E-state index contributed by atoms with van der Waals surface area (Å²) in [6.45, 7) is 5.64. The number of para-hydroxylation sites is 1. The molecule has 5 heteroatoms. The van der Waals surface area contributed by atoms with Gasteiger partial charge in [-0.1, -0.05) is 37.3 Å². The van der Waals surface area contributed by atoms with Gasteiger partial charge in [0.25, 0.3) is 0 Å². The van der Waals surface area contributed by atoms with Crippen LogP contribution in [0.3, 0.4) is 0 Å². The largest absolute Gasteiger partial charge is 0.494 e. The Bertz CT molecular complexity index is 598. The van der Waals surface area contributed by atoms with Crippen molar-refractivity contribution in [1.82, 2.24) is 15.0 Å². The van der Waals surface area contributed by atoms with E-state index in [-0.39, 0.29) is 0 Å². The first-order valence-electron chi connectivity index (χ1n) is 7.21. The molecule has 0 bridgehead atoms. The Kier molecular flexibility index (Phi) is 5.33. The zero-order valence-electron chi connectivity index (χ0n) is 12.5. The minimum Gasteiger partial charge on any atom is -0.494 e. The van der Waals surface area contributed by atoms with Crippen LogP contribution in [0.5, 0.6) is 5.75 Å². The number of benzene rings is 1. The Balaban J connectivity index is 1.90. The summed E-state index contributed by atoms with van der Waals surface area (Å²) in [6, 6.07) is 11.8. The van der Waals surface area contributed by atoms with E-state index in [1.165, 1.54) is 0 Å². The van der Waals surface area contributed by atoms with Gasteiger partial charge in [-0.15, -0.1) is 5.10 Å². The molecule has 1 aromatic heterocycles. The van der Waals surface area contributed by atoms with Crippen molar-refractivity contribution in [2.45, 2.75) is 33.2 Å². The second kappa shape index (κ2) is 7.44. The molecule has 0 aliphatic rings. The van der Waals surface area contributed by atoms with Crippen molar-refractivity contribution in [2.24, 2.45) is 5.92 Å². The van der Waals surface area contributed by atoms with Gasteiger partial charge in [0.15, 0.2) is 5.69 Å². The minimum atomic E-state index is 0.426. The summed E-state index contributed by atoms with van der Waals surface area (Å²) in [5.41, 5.74) is 1.33. The standard InChI is InChI=1S/C16H20N4O/c1-13(2)12-20-16(15(11-17)18-19-20)9-6-10-21-14-7-4-3-5-8-14/h3-5,7-8,13H,6,9-10,12H2,1-2H3. The maximum Gasteiger partial charge on any atom is 0.185 e. The minimum absolute atomic E-state index is 0.426. The number of hydrogen-bond donors (Lipinski definition) is 0. The van der Waals surface area contributed by atoms with Gasteiger partial charge < -0.3 is 4.74 Å². The zero-order chi connectivity index (χ0) is 15.1. The third-order valence-corrected chi connectivity index (χ3v) is 3.05. The van der Waals surface area contributed by atoms with E-state index in [0.717, 1.165) is 30.8 Å². The highest BCUT2D eigenvalue weighted by molar-refractivity contribution is 5.25. The smallest absolute Gasteiger partial charge is 0.185 e. The number of aromatic nitrogens is 3. The maximum absolute atomic E-state index is 9.10. The van der Waals surface area contributed by atoms with Gasteiger partial charge in [-0.2, -0.15) is 5.26 Å². The van der Waals surface area contributed by atoms with Crippen LogP contribution in [0, 0.1) is 17.2 Å². The van der Waals surface area contributed by atoms with Crippen molar-refractivity contribution in [3.63, 3.8) is 0 Å². The fourth-order valence-electron chi connectivity index (χ4n) is 2.11. The SMILES string of the molecule is CC(C)Cn1nnc(C#N)c1CCCOc1ccccc1. The van der Waals surface area contributed by atoms with E-state index in [2.05, 4.69) is 30.2 Å². The van der Waals surface area contributed by atoms with Gasteiger partial charge in [0.05, 0.1) is 12.3 Å². The second-order valence-corrected chi connectivity index (χ2v) is 5.34. The first-order chi connectivity index (χ1) is 10.2. The molecule has 0 fully saturated rings. The molecule has 0 atom stereocenters. The normalized spacial score (nSPS) is 10.6. The summed E-state index contributed by atoms with van der Waals surface area (Å²) >= 11 is 0. The Morgan fingerprint density at radius 3 is 2.71 bits per heavy atom.